The highest BCUT2D eigenvalue weighted by Gasteiger charge is 2.11. The number of nitrogens with zero attached hydrogens (tertiary/aromatic N) is 4. The molecule has 2 aromatic heterocycles. The number of aromatic nitrogens is 4. The first-order valence-corrected chi connectivity index (χ1v) is 5.78. The minimum absolute atomic E-state index is 0.272. The summed E-state index contributed by atoms with van der Waals surface area (Å²) in [7, 11) is 0. The second-order valence-electron chi connectivity index (χ2n) is 4.07. The van der Waals surface area contributed by atoms with Gasteiger partial charge in [-0.05, 0) is 0 Å². The van der Waals surface area contributed by atoms with Crippen molar-refractivity contribution in [1.29, 1.82) is 0 Å². The van der Waals surface area contributed by atoms with Gasteiger partial charge in [-0.3, -0.25) is 0 Å². The molecule has 0 saturated carbocycles. The molecular weight excluding hydrogens is 254 g/mol. The average molecular weight is 264 g/mol. The Hall–Kier alpha value is -2.31. The number of halogens is 2. The predicted molar refractivity (Wildman–Crippen MR) is 62.4 cm³/mol. The van der Waals surface area contributed by atoms with E-state index in [0.29, 0.717) is 29.2 Å². The first kappa shape index (κ1) is 11.8. The Labute approximate surface area is 106 Å². The summed E-state index contributed by atoms with van der Waals surface area (Å²) in [6, 6.07) is 2.17. The molecule has 0 aliphatic carbocycles. The molecule has 98 valence electrons. The minimum Gasteiger partial charge on any atom is -0.423 e. The highest BCUT2D eigenvalue weighted by atomic mass is 19.2. The molecular formula is C12H10F2N4O. The first-order chi connectivity index (χ1) is 9.17. The molecule has 7 heteroatoms. The number of hydrogen-bond acceptors (Lipinski definition) is 4. The third kappa shape index (κ3) is 2.07. The van der Waals surface area contributed by atoms with Gasteiger partial charge in [0.1, 0.15) is 6.54 Å². The smallest absolute Gasteiger partial charge is 0.236 e. The van der Waals surface area contributed by atoms with E-state index in [9.17, 15) is 8.78 Å². The van der Waals surface area contributed by atoms with Crippen molar-refractivity contribution in [3.05, 3.63) is 41.9 Å². The monoisotopic (exact) mass is 264 g/mol. The maximum absolute atomic E-state index is 13.2. The quantitative estimate of drug-likeness (QED) is 0.728. The second-order valence-corrected chi connectivity index (χ2v) is 4.07. The van der Waals surface area contributed by atoms with Gasteiger partial charge < -0.3 is 8.98 Å². The van der Waals surface area contributed by atoms with Crippen LogP contribution in [0.25, 0.3) is 11.0 Å². The maximum Gasteiger partial charge on any atom is 0.236 e. The van der Waals surface area contributed by atoms with Gasteiger partial charge in [0.15, 0.2) is 11.6 Å². The topological polar surface area (TPSA) is 56.7 Å². The fourth-order valence-electron chi connectivity index (χ4n) is 1.82. The lowest BCUT2D eigenvalue weighted by atomic mass is 10.3. The predicted octanol–water partition coefficient (Wildman–Crippen LogP) is 2.31. The fourth-order valence-corrected chi connectivity index (χ4v) is 1.82. The van der Waals surface area contributed by atoms with Crippen molar-refractivity contribution in [3.63, 3.8) is 0 Å². The van der Waals surface area contributed by atoms with Crippen molar-refractivity contribution in [2.24, 2.45) is 0 Å². The average Bonchev–Trinajstić information content (AvgIpc) is 2.99. The van der Waals surface area contributed by atoms with Crippen molar-refractivity contribution < 1.29 is 13.2 Å². The van der Waals surface area contributed by atoms with Gasteiger partial charge in [-0.25, -0.2) is 13.8 Å². The van der Waals surface area contributed by atoms with Gasteiger partial charge in [-0.1, -0.05) is 6.92 Å². The van der Waals surface area contributed by atoms with Crippen LogP contribution in [-0.2, 0) is 13.0 Å². The molecule has 0 amide bonds. The Kier molecular flexibility index (Phi) is 2.73. The largest absolute Gasteiger partial charge is 0.423 e. The molecule has 0 unspecified atom stereocenters. The van der Waals surface area contributed by atoms with E-state index in [4.69, 9.17) is 4.42 Å². The number of benzene rings is 1. The van der Waals surface area contributed by atoms with Crippen LogP contribution in [-0.4, -0.2) is 19.7 Å². The molecule has 3 aromatic rings. The van der Waals surface area contributed by atoms with Crippen LogP contribution in [0.5, 0.6) is 0 Å². The van der Waals surface area contributed by atoms with Crippen LogP contribution in [0, 0.1) is 11.6 Å². The van der Waals surface area contributed by atoms with Crippen LogP contribution < -0.4 is 0 Å². The van der Waals surface area contributed by atoms with E-state index in [1.165, 1.54) is 6.33 Å². The van der Waals surface area contributed by atoms with Gasteiger partial charge in [0.25, 0.3) is 0 Å². The summed E-state index contributed by atoms with van der Waals surface area (Å²) in [5.41, 5.74) is 0.865. The Morgan fingerprint density at radius 3 is 2.63 bits per heavy atom. The number of fused-ring (bicyclic) bond motifs is 1. The summed E-state index contributed by atoms with van der Waals surface area (Å²) in [6.45, 7) is 2.18. The molecule has 0 radical (unpaired) electrons. The van der Waals surface area contributed by atoms with Gasteiger partial charge in [-0.15, -0.1) is 10.2 Å². The molecule has 1 aromatic carbocycles. The second kappa shape index (κ2) is 4.42. The summed E-state index contributed by atoms with van der Waals surface area (Å²) >= 11 is 0. The summed E-state index contributed by atoms with van der Waals surface area (Å²) in [6.07, 6.45) is 2.14. The molecule has 0 atom stereocenters. The van der Waals surface area contributed by atoms with E-state index in [2.05, 4.69) is 15.2 Å². The molecule has 0 aliphatic rings. The van der Waals surface area contributed by atoms with E-state index >= 15 is 0 Å². The standard InChI is InChI=1S/C12H10F2N4O/c1-2-11-16-17-12(19-11)5-18-6-15-9-3-7(13)8(14)4-10(9)18/h3-4,6H,2,5H2,1H3. The summed E-state index contributed by atoms with van der Waals surface area (Å²) in [5.74, 6) is -0.879. The number of hydrogen-bond donors (Lipinski definition) is 0. The van der Waals surface area contributed by atoms with Crippen molar-refractivity contribution in [3.8, 4) is 0 Å². The SMILES string of the molecule is CCc1nnc(Cn2cnc3cc(F)c(F)cc32)o1. The van der Waals surface area contributed by atoms with Crippen LogP contribution in [0.2, 0.25) is 0 Å². The van der Waals surface area contributed by atoms with Crippen molar-refractivity contribution in [2.45, 2.75) is 19.9 Å². The normalized spacial score (nSPS) is 11.3. The van der Waals surface area contributed by atoms with Gasteiger partial charge in [0.2, 0.25) is 11.8 Å². The van der Waals surface area contributed by atoms with Crippen LogP contribution in [0.4, 0.5) is 8.78 Å². The van der Waals surface area contributed by atoms with Gasteiger partial charge in [0, 0.05) is 18.6 Å². The molecule has 0 aliphatic heterocycles. The Bertz CT molecular complexity index is 734. The third-order valence-corrected chi connectivity index (χ3v) is 2.78. The fraction of sp³-hybridized carbons (Fsp3) is 0.250. The van der Waals surface area contributed by atoms with Crippen LogP contribution >= 0.6 is 0 Å². The lowest BCUT2D eigenvalue weighted by molar-refractivity contribution is 0.444. The summed E-state index contributed by atoms with van der Waals surface area (Å²) < 4.78 is 33.3. The third-order valence-electron chi connectivity index (χ3n) is 2.78. The van der Waals surface area contributed by atoms with E-state index in [1.807, 2.05) is 6.92 Å². The van der Waals surface area contributed by atoms with Gasteiger partial charge >= 0.3 is 0 Å². The van der Waals surface area contributed by atoms with Crippen molar-refractivity contribution in [2.75, 3.05) is 0 Å². The van der Waals surface area contributed by atoms with Crippen LogP contribution in [0.15, 0.2) is 22.9 Å². The van der Waals surface area contributed by atoms with E-state index in [0.717, 1.165) is 12.1 Å². The maximum atomic E-state index is 13.2. The molecule has 19 heavy (non-hydrogen) atoms. The van der Waals surface area contributed by atoms with Gasteiger partial charge in [0.05, 0.1) is 17.4 Å². The van der Waals surface area contributed by atoms with Gasteiger partial charge in [-0.2, -0.15) is 0 Å². The molecule has 0 fully saturated rings. The number of aryl methyl sites for hydroxylation is 1. The zero-order valence-electron chi connectivity index (χ0n) is 10.1. The van der Waals surface area contributed by atoms with E-state index < -0.39 is 11.6 Å². The zero-order chi connectivity index (χ0) is 13.4. The molecule has 5 nitrogen and oxygen atoms in total. The van der Waals surface area contributed by atoms with E-state index in [-0.39, 0.29) is 6.54 Å². The summed E-state index contributed by atoms with van der Waals surface area (Å²) in [4.78, 5) is 4.01. The molecule has 2 heterocycles. The van der Waals surface area contributed by atoms with Crippen LogP contribution in [0.3, 0.4) is 0 Å². The molecule has 0 N–H and O–H groups in total. The highest BCUT2D eigenvalue weighted by molar-refractivity contribution is 5.75. The minimum atomic E-state index is -0.913. The van der Waals surface area contributed by atoms with Crippen LogP contribution in [0.1, 0.15) is 18.7 Å². The van der Waals surface area contributed by atoms with Crippen molar-refractivity contribution in [1.82, 2.24) is 19.7 Å². The number of imidazole rings is 1. The molecule has 0 saturated heterocycles. The Balaban J connectivity index is 1.98. The molecule has 0 spiro atoms. The molecule has 0 bridgehead atoms. The number of rotatable bonds is 3. The lowest BCUT2D eigenvalue weighted by Gasteiger charge is -2.00. The van der Waals surface area contributed by atoms with Crippen molar-refractivity contribution >= 4 is 11.0 Å². The lowest BCUT2D eigenvalue weighted by Crippen LogP contribution is -1.99. The molecule has 3 rings (SSSR count). The highest BCUT2D eigenvalue weighted by Crippen LogP contribution is 2.18. The van der Waals surface area contributed by atoms with E-state index in [1.54, 1.807) is 4.57 Å². The Morgan fingerprint density at radius 2 is 1.89 bits per heavy atom. The summed E-state index contributed by atoms with van der Waals surface area (Å²) in [5, 5.41) is 7.72. The zero-order valence-corrected chi connectivity index (χ0v) is 10.1. The first-order valence-electron chi connectivity index (χ1n) is 5.78. The Morgan fingerprint density at radius 1 is 1.16 bits per heavy atom.